The summed E-state index contributed by atoms with van der Waals surface area (Å²) >= 11 is 0. The minimum Gasteiger partial charge on any atom is -0.431 e. The maximum Gasteiger partial charge on any atom is 0.365 e. The molecule has 0 aliphatic carbocycles. The van der Waals surface area contributed by atoms with Gasteiger partial charge in [0.2, 0.25) is 0 Å². The molecule has 2 aromatic rings. The van der Waals surface area contributed by atoms with Crippen LogP contribution in [0.1, 0.15) is 34.6 Å². The molecule has 0 aromatic heterocycles. The van der Waals surface area contributed by atoms with E-state index in [0.29, 0.717) is 22.4 Å². The number of ether oxygens (including phenoxy) is 1. The van der Waals surface area contributed by atoms with Crippen LogP contribution in [0.5, 0.6) is 0 Å². The van der Waals surface area contributed by atoms with Crippen LogP contribution >= 0.6 is 0 Å². The molecule has 0 N–H and O–H groups in total. The Bertz CT molecular complexity index is 697. The molecular weight excluding hydrogens is 306 g/mol. The number of allylic oxidation sites excluding steroid dienone is 1. The number of hydrogen-bond donors (Lipinski definition) is 0. The summed E-state index contributed by atoms with van der Waals surface area (Å²) in [5.74, 6) is -1.02. The van der Waals surface area contributed by atoms with Gasteiger partial charge in [0.25, 0.3) is 0 Å². The summed E-state index contributed by atoms with van der Waals surface area (Å²) in [6.45, 7) is 3.36. The molecule has 0 amide bonds. The first kappa shape index (κ1) is 17.1. The molecule has 0 spiro atoms. The molecule has 122 valence electrons. The molecule has 5 heteroatoms. The largest absolute Gasteiger partial charge is 0.431 e. The van der Waals surface area contributed by atoms with E-state index >= 15 is 0 Å². The number of nitrogens with zero attached hydrogens (tertiary/aromatic N) is 1. The number of carbonyl (C=O) groups is 2. The zero-order valence-electron chi connectivity index (χ0n) is 13.4. The van der Waals surface area contributed by atoms with Crippen LogP contribution in [0.3, 0.4) is 0 Å². The van der Waals surface area contributed by atoms with Gasteiger partial charge in [0.15, 0.2) is 0 Å². The third-order valence-corrected chi connectivity index (χ3v) is 3.20. The van der Waals surface area contributed by atoms with Crippen LogP contribution in [0.15, 0.2) is 77.7 Å². The van der Waals surface area contributed by atoms with E-state index in [-0.39, 0.29) is 0 Å². The first-order valence-corrected chi connectivity index (χ1v) is 7.32. The highest BCUT2D eigenvalue weighted by atomic mass is 16.7. The molecule has 0 bridgehead atoms. The maximum absolute atomic E-state index is 11.8. The summed E-state index contributed by atoms with van der Waals surface area (Å²) in [6.07, 6.45) is 1.28. The monoisotopic (exact) mass is 323 g/mol. The first-order chi connectivity index (χ1) is 11.6. The number of oxime groups is 1. The molecule has 0 aliphatic rings. The van der Waals surface area contributed by atoms with Crippen molar-refractivity contribution in [2.75, 3.05) is 0 Å². The normalized spacial score (nSPS) is 11.8. The Morgan fingerprint density at radius 1 is 0.833 bits per heavy atom. The van der Waals surface area contributed by atoms with Crippen LogP contribution in [0.4, 0.5) is 0 Å². The molecule has 0 atom stereocenters. The van der Waals surface area contributed by atoms with E-state index in [2.05, 4.69) is 5.16 Å². The van der Waals surface area contributed by atoms with Crippen molar-refractivity contribution in [1.82, 2.24) is 0 Å². The van der Waals surface area contributed by atoms with Crippen molar-refractivity contribution in [3.05, 3.63) is 83.6 Å². The number of carbonyl (C=O) groups excluding carboxylic acids is 2. The summed E-state index contributed by atoms with van der Waals surface area (Å²) in [5, 5.41) is 3.76. The topological polar surface area (TPSA) is 65.0 Å². The first-order valence-electron chi connectivity index (χ1n) is 7.32. The third kappa shape index (κ3) is 4.91. The van der Waals surface area contributed by atoms with Crippen LogP contribution in [0, 0.1) is 0 Å². The number of rotatable bonds is 5. The highest BCUT2D eigenvalue weighted by Gasteiger charge is 2.08. The smallest absolute Gasteiger partial charge is 0.365 e. The molecule has 2 aromatic carbocycles. The quantitative estimate of drug-likeness (QED) is 0.274. The van der Waals surface area contributed by atoms with Gasteiger partial charge >= 0.3 is 11.9 Å². The van der Waals surface area contributed by atoms with Gasteiger partial charge in [-0.25, -0.2) is 9.59 Å². The lowest BCUT2D eigenvalue weighted by Gasteiger charge is -2.03. The lowest BCUT2D eigenvalue weighted by atomic mass is 10.2. The van der Waals surface area contributed by atoms with Gasteiger partial charge in [-0.1, -0.05) is 41.6 Å². The zero-order valence-corrected chi connectivity index (χ0v) is 13.4. The summed E-state index contributed by atoms with van der Waals surface area (Å²) in [7, 11) is 0. The molecule has 0 unspecified atom stereocenters. The van der Waals surface area contributed by atoms with Crippen LogP contribution in [0.2, 0.25) is 0 Å². The van der Waals surface area contributed by atoms with E-state index in [1.165, 1.54) is 6.26 Å². The second-order valence-corrected chi connectivity index (χ2v) is 4.99. The molecule has 0 aliphatic heterocycles. The zero-order chi connectivity index (χ0) is 17.4. The Morgan fingerprint density at radius 2 is 1.33 bits per heavy atom. The van der Waals surface area contributed by atoms with Gasteiger partial charge in [0, 0.05) is 5.57 Å². The number of benzene rings is 2. The molecule has 0 fully saturated rings. The van der Waals surface area contributed by atoms with Gasteiger partial charge in [-0.2, -0.15) is 0 Å². The van der Waals surface area contributed by atoms with Gasteiger partial charge in [-0.15, -0.1) is 0 Å². The fraction of sp³-hybridized carbons (Fsp3) is 0.105. The van der Waals surface area contributed by atoms with Crippen LogP contribution in [0.25, 0.3) is 0 Å². The lowest BCUT2D eigenvalue weighted by molar-refractivity contribution is 0.0515. The predicted molar refractivity (Wildman–Crippen MR) is 90.6 cm³/mol. The van der Waals surface area contributed by atoms with Crippen LogP contribution < -0.4 is 0 Å². The van der Waals surface area contributed by atoms with Crippen molar-refractivity contribution < 1.29 is 19.2 Å². The van der Waals surface area contributed by atoms with Crippen molar-refractivity contribution in [3.63, 3.8) is 0 Å². The van der Waals surface area contributed by atoms with E-state index < -0.39 is 11.9 Å². The third-order valence-electron chi connectivity index (χ3n) is 3.20. The Hall–Kier alpha value is -3.21. The van der Waals surface area contributed by atoms with Gasteiger partial charge in [-0.3, -0.25) is 0 Å². The number of esters is 1. The standard InChI is InChI=1S/C19H17NO4/c1-14(13-23-18(21)16-9-5-3-6-10-16)15(2)20-24-19(22)17-11-7-4-8-12-17/h3-13H,1-2H3/b14-13+,20-15+. The van der Waals surface area contributed by atoms with Gasteiger partial charge in [-0.05, 0) is 38.1 Å². The Balaban J connectivity index is 1.94. The van der Waals surface area contributed by atoms with Crippen LogP contribution in [-0.4, -0.2) is 17.7 Å². The molecular formula is C19H17NO4. The average Bonchev–Trinajstić information content (AvgIpc) is 2.64. The van der Waals surface area contributed by atoms with E-state index in [0.717, 1.165) is 0 Å². The fourth-order valence-corrected chi connectivity index (χ4v) is 1.68. The average molecular weight is 323 g/mol. The van der Waals surface area contributed by atoms with Crippen LogP contribution in [-0.2, 0) is 9.57 Å². The number of hydrogen-bond acceptors (Lipinski definition) is 5. The van der Waals surface area contributed by atoms with E-state index in [1.807, 2.05) is 6.07 Å². The van der Waals surface area contributed by atoms with Gasteiger partial charge < -0.3 is 9.57 Å². The Morgan fingerprint density at radius 3 is 1.88 bits per heavy atom. The second-order valence-electron chi connectivity index (χ2n) is 4.99. The lowest BCUT2D eigenvalue weighted by Crippen LogP contribution is -2.05. The Kier molecular flexibility index (Phi) is 6.02. The summed E-state index contributed by atoms with van der Waals surface area (Å²) in [4.78, 5) is 28.5. The maximum atomic E-state index is 11.8. The summed E-state index contributed by atoms with van der Waals surface area (Å²) in [5.41, 5.74) is 1.86. The highest BCUT2D eigenvalue weighted by Crippen LogP contribution is 2.06. The molecule has 0 saturated heterocycles. The molecule has 5 nitrogen and oxygen atoms in total. The highest BCUT2D eigenvalue weighted by molar-refractivity contribution is 5.98. The molecule has 24 heavy (non-hydrogen) atoms. The van der Waals surface area contributed by atoms with E-state index in [1.54, 1.807) is 68.4 Å². The SMILES string of the molecule is CC(=C\OC(=O)c1ccccc1)/C(C)=N/OC(=O)c1ccccc1. The molecule has 0 saturated carbocycles. The van der Waals surface area contributed by atoms with Crippen molar-refractivity contribution in [2.24, 2.45) is 5.16 Å². The molecule has 2 rings (SSSR count). The van der Waals surface area contributed by atoms with Crippen molar-refractivity contribution >= 4 is 17.7 Å². The van der Waals surface area contributed by atoms with E-state index in [4.69, 9.17) is 9.57 Å². The summed E-state index contributed by atoms with van der Waals surface area (Å²) < 4.78 is 5.08. The predicted octanol–water partition coefficient (Wildman–Crippen LogP) is 3.98. The van der Waals surface area contributed by atoms with Gasteiger partial charge in [0.1, 0.15) is 0 Å². The van der Waals surface area contributed by atoms with Crippen molar-refractivity contribution in [1.29, 1.82) is 0 Å². The van der Waals surface area contributed by atoms with Crippen molar-refractivity contribution in [3.8, 4) is 0 Å². The Labute approximate surface area is 140 Å². The minimum atomic E-state index is -0.552. The van der Waals surface area contributed by atoms with Crippen molar-refractivity contribution in [2.45, 2.75) is 13.8 Å². The molecule has 0 radical (unpaired) electrons. The van der Waals surface area contributed by atoms with E-state index in [9.17, 15) is 9.59 Å². The minimum absolute atomic E-state index is 0.409. The fourth-order valence-electron chi connectivity index (χ4n) is 1.68. The second kappa shape index (κ2) is 8.43. The molecule has 0 heterocycles. The summed E-state index contributed by atoms with van der Waals surface area (Å²) in [6, 6.07) is 17.2. The van der Waals surface area contributed by atoms with Gasteiger partial charge in [0.05, 0.1) is 23.1 Å².